The lowest BCUT2D eigenvalue weighted by Crippen LogP contribution is -2.37. The quantitative estimate of drug-likeness (QED) is 0.788. The predicted molar refractivity (Wildman–Crippen MR) is 104 cm³/mol. The van der Waals surface area contributed by atoms with Crippen molar-refractivity contribution in [2.24, 2.45) is 17.8 Å². The Morgan fingerprint density at radius 3 is 2.89 bits per heavy atom. The Kier molecular flexibility index (Phi) is 4.30. The summed E-state index contributed by atoms with van der Waals surface area (Å²) < 4.78 is 5.23. The number of fused-ring (bicyclic) bond motifs is 1. The van der Waals surface area contributed by atoms with E-state index < -0.39 is 6.09 Å². The third-order valence-corrected chi connectivity index (χ3v) is 5.35. The van der Waals surface area contributed by atoms with Crippen molar-refractivity contribution < 1.29 is 14.3 Å². The Labute approximate surface area is 162 Å². The molecule has 0 bridgehead atoms. The van der Waals surface area contributed by atoms with Gasteiger partial charge in [-0.2, -0.15) is 5.26 Å². The number of benzene rings is 1. The molecule has 1 saturated carbocycles. The lowest BCUT2D eigenvalue weighted by molar-refractivity contribution is -0.117. The average Bonchev–Trinajstić information content (AvgIpc) is 3.35. The highest BCUT2D eigenvalue weighted by Gasteiger charge is 2.43. The topological polar surface area (TPSA) is 121 Å². The largest absolute Gasteiger partial charge is 0.447 e. The van der Waals surface area contributed by atoms with Crippen molar-refractivity contribution in [3.63, 3.8) is 0 Å². The zero-order valence-corrected chi connectivity index (χ0v) is 15.7. The molecule has 1 aliphatic carbocycles. The molecule has 1 aliphatic heterocycles. The van der Waals surface area contributed by atoms with Gasteiger partial charge < -0.3 is 15.8 Å². The van der Waals surface area contributed by atoms with Crippen LogP contribution in [0.3, 0.4) is 0 Å². The number of amides is 2. The number of nitriles is 1. The molecule has 144 valence electrons. The van der Waals surface area contributed by atoms with Crippen molar-refractivity contribution >= 4 is 40.0 Å². The number of cyclic esters (lactones) is 1. The first-order valence-electron chi connectivity index (χ1n) is 9.24. The zero-order valence-electron chi connectivity index (χ0n) is 15.7. The molecule has 1 aromatic carbocycles. The van der Waals surface area contributed by atoms with E-state index >= 15 is 0 Å². The number of nitrogens with zero attached hydrogens (tertiary/aromatic N) is 3. The third kappa shape index (κ3) is 3.09. The van der Waals surface area contributed by atoms with Gasteiger partial charge in [-0.3, -0.25) is 9.69 Å². The Bertz CT molecular complexity index is 1010. The van der Waals surface area contributed by atoms with Crippen molar-refractivity contribution in [3.8, 4) is 6.07 Å². The smallest absolute Gasteiger partial charge is 0.414 e. The van der Waals surface area contributed by atoms with Crippen LogP contribution in [0.4, 0.5) is 22.0 Å². The van der Waals surface area contributed by atoms with E-state index in [1.807, 2.05) is 19.9 Å². The SMILES string of the molecule is CC(C)C1COC(=O)N1c1cc(N)c2cnc(NC(=O)[C@@H]3C[C@H]3C#N)cc2c1. The monoisotopic (exact) mass is 379 g/mol. The molecule has 28 heavy (non-hydrogen) atoms. The summed E-state index contributed by atoms with van der Waals surface area (Å²) in [7, 11) is 0. The summed E-state index contributed by atoms with van der Waals surface area (Å²) in [6, 6.07) is 7.35. The number of aromatic nitrogens is 1. The number of nitrogens with two attached hydrogens (primary N) is 1. The van der Waals surface area contributed by atoms with Gasteiger partial charge in [0.25, 0.3) is 0 Å². The summed E-state index contributed by atoms with van der Waals surface area (Å²) in [5, 5.41) is 13.1. The summed E-state index contributed by atoms with van der Waals surface area (Å²) in [5.41, 5.74) is 7.34. The van der Waals surface area contributed by atoms with E-state index in [-0.39, 0.29) is 29.7 Å². The molecule has 8 nitrogen and oxygen atoms in total. The number of hydrogen-bond acceptors (Lipinski definition) is 6. The molecular weight excluding hydrogens is 358 g/mol. The second kappa shape index (κ2) is 6.68. The molecule has 0 spiro atoms. The van der Waals surface area contributed by atoms with Crippen LogP contribution >= 0.6 is 0 Å². The van der Waals surface area contributed by atoms with E-state index in [2.05, 4.69) is 16.4 Å². The average molecular weight is 379 g/mol. The second-order valence-electron chi connectivity index (χ2n) is 7.65. The van der Waals surface area contributed by atoms with Crippen LogP contribution < -0.4 is 16.0 Å². The van der Waals surface area contributed by atoms with Gasteiger partial charge in [0.15, 0.2) is 0 Å². The van der Waals surface area contributed by atoms with E-state index in [0.717, 1.165) is 10.8 Å². The van der Waals surface area contributed by atoms with Gasteiger partial charge in [0.2, 0.25) is 5.91 Å². The minimum absolute atomic E-state index is 0.0665. The minimum atomic E-state index is -0.392. The summed E-state index contributed by atoms with van der Waals surface area (Å²) in [6.07, 6.45) is 1.79. The maximum Gasteiger partial charge on any atom is 0.414 e. The van der Waals surface area contributed by atoms with E-state index in [0.29, 0.717) is 30.2 Å². The number of nitrogens with one attached hydrogen (secondary N) is 1. The lowest BCUT2D eigenvalue weighted by Gasteiger charge is -2.25. The molecule has 2 aliphatic rings. The van der Waals surface area contributed by atoms with Crippen molar-refractivity contribution in [1.82, 2.24) is 4.98 Å². The summed E-state index contributed by atoms with van der Waals surface area (Å²) in [6.45, 7) is 4.41. The lowest BCUT2D eigenvalue weighted by atomic mass is 10.0. The number of hydrogen-bond donors (Lipinski definition) is 2. The molecule has 8 heteroatoms. The highest BCUT2D eigenvalue weighted by atomic mass is 16.6. The van der Waals surface area contributed by atoms with Crippen LogP contribution in [0.15, 0.2) is 24.4 Å². The van der Waals surface area contributed by atoms with E-state index in [4.69, 9.17) is 15.7 Å². The summed E-state index contributed by atoms with van der Waals surface area (Å²) in [4.78, 5) is 30.3. The first-order valence-corrected chi connectivity index (χ1v) is 9.24. The molecule has 3 atom stereocenters. The Morgan fingerprint density at radius 1 is 1.43 bits per heavy atom. The van der Waals surface area contributed by atoms with Gasteiger partial charge in [-0.05, 0) is 35.9 Å². The minimum Gasteiger partial charge on any atom is -0.447 e. The number of ether oxygens (including phenoxy) is 1. The van der Waals surface area contributed by atoms with Crippen LogP contribution in [0, 0.1) is 29.1 Å². The van der Waals surface area contributed by atoms with Crippen LogP contribution in [0.5, 0.6) is 0 Å². The molecule has 4 rings (SSSR count). The number of carbonyl (C=O) groups excluding carboxylic acids is 2. The third-order valence-electron chi connectivity index (χ3n) is 5.35. The molecule has 2 amide bonds. The van der Waals surface area contributed by atoms with Gasteiger partial charge in [0, 0.05) is 17.3 Å². The molecule has 2 aromatic rings. The van der Waals surface area contributed by atoms with Crippen LogP contribution in [-0.2, 0) is 9.53 Å². The number of carbonyl (C=O) groups is 2. The fourth-order valence-corrected chi connectivity index (χ4v) is 3.55. The van der Waals surface area contributed by atoms with Gasteiger partial charge in [-0.25, -0.2) is 9.78 Å². The summed E-state index contributed by atoms with van der Waals surface area (Å²) in [5.74, 6) is -0.0724. The maximum absolute atomic E-state index is 12.3. The second-order valence-corrected chi connectivity index (χ2v) is 7.65. The van der Waals surface area contributed by atoms with E-state index in [1.54, 1.807) is 23.2 Å². The Balaban J connectivity index is 1.66. The molecule has 0 radical (unpaired) electrons. The van der Waals surface area contributed by atoms with Crippen LogP contribution in [-0.4, -0.2) is 29.6 Å². The molecular formula is C20H21N5O3. The van der Waals surface area contributed by atoms with E-state index in [1.165, 1.54) is 0 Å². The maximum atomic E-state index is 12.3. The normalized spacial score (nSPS) is 23.6. The van der Waals surface area contributed by atoms with Gasteiger partial charge >= 0.3 is 6.09 Å². The highest BCUT2D eigenvalue weighted by Crippen LogP contribution is 2.39. The first-order chi connectivity index (χ1) is 13.4. The Morgan fingerprint density at radius 2 is 2.21 bits per heavy atom. The fourth-order valence-electron chi connectivity index (χ4n) is 3.55. The van der Waals surface area contributed by atoms with Gasteiger partial charge in [-0.1, -0.05) is 13.8 Å². The van der Waals surface area contributed by atoms with Gasteiger partial charge in [-0.15, -0.1) is 0 Å². The molecule has 3 N–H and O–H groups in total. The fraction of sp³-hybridized carbons (Fsp3) is 0.400. The number of nitrogen functional groups attached to an aromatic ring is 1. The standard InChI is InChI=1S/C20H21N5O3/c1-10(2)17-9-28-20(27)25(17)13-3-11-5-18(23-8-15(11)16(22)6-13)24-19(26)14-4-12(14)7-21/h3,5-6,8,10,12,14,17H,4,9,22H2,1-2H3,(H,23,24,26)/t12-,14+,17?/m0/s1. The predicted octanol–water partition coefficient (Wildman–Crippen LogP) is 2.90. The highest BCUT2D eigenvalue weighted by molar-refractivity contribution is 6.02. The Hall–Kier alpha value is -3.34. The van der Waals surface area contributed by atoms with Gasteiger partial charge in [0.05, 0.1) is 29.6 Å². The first kappa shape index (κ1) is 18.0. The van der Waals surface area contributed by atoms with Crippen molar-refractivity contribution in [3.05, 3.63) is 24.4 Å². The summed E-state index contributed by atoms with van der Waals surface area (Å²) >= 11 is 0. The van der Waals surface area contributed by atoms with Crippen LogP contribution in [0.25, 0.3) is 10.8 Å². The van der Waals surface area contributed by atoms with Gasteiger partial charge in [0.1, 0.15) is 12.4 Å². The van der Waals surface area contributed by atoms with E-state index in [9.17, 15) is 9.59 Å². The number of pyridine rings is 1. The van der Waals surface area contributed by atoms with Crippen LogP contribution in [0.2, 0.25) is 0 Å². The molecule has 1 aromatic heterocycles. The van der Waals surface area contributed by atoms with Crippen LogP contribution in [0.1, 0.15) is 20.3 Å². The van der Waals surface area contributed by atoms with Crippen molar-refractivity contribution in [2.75, 3.05) is 22.6 Å². The number of rotatable bonds is 4. The number of anilines is 3. The van der Waals surface area contributed by atoms with Crippen molar-refractivity contribution in [1.29, 1.82) is 5.26 Å². The molecule has 2 fully saturated rings. The molecule has 1 unspecified atom stereocenters. The van der Waals surface area contributed by atoms with Crippen molar-refractivity contribution in [2.45, 2.75) is 26.3 Å². The molecule has 1 saturated heterocycles. The molecule has 2 heterocycles. The zero-order chi connectivity index (χ0) is 20.0.